The van der Waals surface area contributed by atoms with Gasteiger partial charge in [0.2, 0.25) is 0 Å². The van der Waals surface area contributed by atoms with E-state index < -0.39 is 5.97 Å². The third kappa shape index (κ3) is 4.39. The first-order valence-electron chi connectivity index (χ1n) is 7.35. The molecule has 2 aromatic rings. The van der Waals surface area contributed by atoms with Crippen molar-refractivity contribution < 1.29 is 19.1 Å². The Bertz CT molecular complexity index is 708. The molecule has 0 saturated carbocycles. The molecule has 0 unspecified atom stereocenters. The molecule has 122 valence electrons. The first kappa shape index (κ1) is 17.1. The fourth-order valence-corrected chi connectivity index (χ4v) is 3.14. The number of carbonyl (C=O) groups excluding carboxylic acids is 2. The van der Waals surface area contributed by atoms with Crippen molar-refractivity contribution in [3.63, 3.8) is 0 Å². The van der Waals surface area contributed by atoms with Crippen LogP contribution in [0.25, 0.3) is 0 Å². The van der Waals surface area contributed by atoms with Crippen LogP contribution in [0.3, 0.4) is 0 Å². The van der Waals surface area contributed by atoms with Crippen molar-refractivity contribution in [1.29, 1.82) is 0 Å². The number of methoxy groups -OCH3 is 1. The van der Waals surface area contributed by atoms with E-state index in [2.05, 4.69) is 16.6 Å². The lowest BCUT2D eigenvalue weighted by Gasteiger charge is -2.05. The largest absolute Gasteiger partial charge is 0.465 e. The van der Waals surface area contributed by atoms with E-state index in [0.717, 1.165) is 23.4 Å². The number of carbonyl (C=O) groups is 2. The van der Waals surface area contributed by atoms with Gasteiger partial charge in [0.15, 0.2) is 0 Å². The Labute approximate surface area is 139 Å². The molecule has 0 atom stereocenters. The Morgan fingerprint density at radius 2 is 2.04 bits per heavy atom. The van der Waals surface area contributed by atoms with Crippen molar-refractivity contribution in [2.24, 2.45) is 0 Å². The molecule has 1 aromatic carbocycles. The molecule has 2 rings (SSSR count). The summed E-state index contributed by atoms with van der Waals surface area (Å²) in [6, 6.07) is 6.83. The summed E-state index contributed by atoms with van der Waals surface area (Å²) >= 11 is 1.38. The van der Waals surface area contributed by atoms with Crippen molar-refractivity contribution in [3.8, 4) is 0 Å². The molecule has 0 saturated heterocycles. The van der Waals surface area contributed by atoms with Crippen LogP contribution in [0.15, 0.2) is 24.3 Å². The van der Waals surface area contributed by atoms with Gasteiger partial charge < -0.3 is 9.47 Å². The minimum absolute atomic E-state index is 0.101. The molecule has 23 heavy (non-hydrogen) atoms. The number of rotatable bonds is 6. The molecular formula is C17H19NO4S. The molecule has 0 aliphatic rings. The minimum atomic E-state index is -0.416. The molecule has 0 aliphatic heterocycles. The van der Waals surface area contributed by atoms with Crippen LogP contribution in [0.4, 0.5) is 0 Å². The van der Waals surface area contributed by atoms with Gasteiger partial charge in [-0.1, -0.05) is 19.1 Å². The fraction of sp³-hybridized carbons (Fsp3) is 0.353. The van der Waals surface area contributed by atoms with Gasteiger partial charge in [-0.2, -0.15) is 0 Å². The Balaban J connectivity index is 2.03. The van der Waals surface area contributed by atoms with Crippen molar-refractivity contribution in [2.75, 3.05) is 7.11 Å². The SMILES string of the molecule is CCCc1nc(C)c(C(=O)OCc2cccc(C(=O)OC)c2)s1. The van der Waals surface area contributed by atoms with Crippen molar-refractivity contribution in [2.45, 2.75) is 33.3 Å². The molecule has 0 amide bonds. The molecular weight excluding hydrogens is 314 g/mol. The number of aromatic nitrogens is 1. The second-order valence-corrected chi connectivity index (χ2v) is 6.12. The lowest BCUT2D eigenvalue weighted by atomic mass is 10.1. The van der Waals surface area contributed by atoms with Gasteiger partial charge >= 0.3 is 11.9 Å². The van der Waals surface area contributed by atoms with E-state index in [1.54, 1.807) is 24.3 Å². The average molecular weight is 333 g/mol. The van der Waals surface area contributed by atoms with Crippen molar-refractivity contribution in [3.05, 3.63) is 51.0 Å². The summed E-state index contributed by atoms with van der Waals surface area (Å²) in [5.41, 5.74) is 1.87. The molecule has 0 aliphatic carbocycles. The van der Waals surface area contributed by atoms with Gasteiger partial charge in [0.1, 0.15) is 11.5 Å². The number of ether oxygens (including phenoxy) is 2. The van der Waals surface area contributed by atoms with E-state index in [9.17, 15) is 9.59 Å². The number of thiazole rings is 1. The highest BCUT2D eigenvalue weighted by atomic mass is 32.1. The van der Waals surface area contributed by atoms with Gasteiger partial charge in [0, 0.05) is 0 Å². The normalized spacial score (nSPS) is 10.4. The number of esters is 2. The van der Waals surface area contributed by atoms with Crippen LogP contribution in [0.5, 0.6) is 0 Å². The average Bonchev–Trinajstić information content (AvgIpc) is 2.93. The Kier molecular flexibility index (Phi) is 5.87. The Morgan fingerprint density at radius 3 is 2.74 bits per heavy atom. The summed E-state index contributed by atoms with van der Waals surface area (Å²) in [5.74, 6) is -0.800. The summed E-state index contributed by atoms with van der Waals surface area (Å²) < 4.78 is 10.0. The predicted molar refractivity (Wildman–Crippen MR) is 87.7 cm³/mol. The van der Waals surface area contributed by atoms with Crippen LogP contribution in [0.1, 0.15) is 49.6 Å². The van der Waals surface area contributed by atoms with Gasteiger partial charge in [-0.15, -0.1) is 11.3 Å². The molecule has 1 heterocycles. The fourth-order valence-electron chi connectivity index (χ4n) is 2.08. The van der Waals surface area contributed by atoms with Gasteiger partial charge in [-0.05, 0) is 37.5 Å². The van der Waals surface area contributed by atoms with Crippen molar-refractivity contribution in [1.82, 2.24) is 4.98 Å². The predicted octanol–water partition coefficient (Wildman–Crippen LogP) is 3.55. The summed E-state index contributed by atoms with van der Waals surface area (Å²) in [6.07, 6.45) is 1.85. The zero-order valence-corrected chi connectivity index (χ0v) is 14.2. The smallest absolute Gasteiger partial charge is 0.350 e. The van der Waals surface area contributed by atoms with Crippen LogP contribution in [0.2, 0.25) is 0 Å². The molecule has 0 bridgehead atoms. The Morgan fingerprint density at radius 1 is 1.26 bits per heavy atom. The first-order valence-corrected chi connectivity index (χ1v) is 8.17. The van der Waals surface area contributed by atoms with Crippen LogP contribution in [-0.4, -0.2) is 24.0 Å². The molecule has 0 fully saturated rings. The van der Waals surface area contributed by atoms with E-state index in [4.69, 9.17) is 4.74 Å². The van der Waals surface area contributed by atoms with E-state index in [1.807, 2.05) is 6.92 Å². The highest BCUT2D eigenvalue weighted by molar-refractivity contribution is 7.13. The van der Waals surface area contributed by atoms with E-state index in [0.29, 0.717) is 16.1 Å². The number of benzene rings is 1. The number of aryl methyl sites for hydroxylation is 2. The maximum atomic E-state index is 12.2. The molecule has 0 radical (unpaired) electrons. The number of nitrogens with zero attached hydrogens (tertiary/aromatic N) is 1. The summed E-state index contributed by atoms with van der Waals surface area (Å²) in [7, 11) is 1.33. The monoisotopic (exact) mass is 333 g/mol. The second-order valence-electron chi connectivity index (χ2n) is 5.04. The third-order valence-corrected chi connectivity index (χ3v) is 4.41. The van der Waals surface area contributed by atoms with Crippen molar-refractivity contribution >= 4 is 23.3 Å². The lowest BCUT2D eigenvalue weighted by molar-refractivity contribution is 0.0477. The van der Waals surface area contributed by atoms with E-state index >= 15 is 0 Å². The highest BCUT2D eigenvalue weighted by Crippen LogP contribution is 2.21. The summed E-state index contributed by atoms with van der Waals surface area (Å²) in [5, 5.41) is 0.949. The van der Waals surface area contributed by atoms with E-state index in [-0.39, 0.29) is 12.6 Å². The Hall–Kier alpha value is -2.21. The van der Waals surface area contributed by atoms with Crippen LogP contribution in [0, 0.1) is 6.92 Å². The van der Waals surface area contributed by atoms with Gasteiger partial charge in [-0.25, -0.2) is 14.6 Å². The molecule has 0 N–H and O–H groups in total. The second kappa shape index (κ2) is 7.87. The van der Waals surface area contributed by atoms with E-state index in [1.165, 1.54) is 18.4 Å². The minimum Gasteiger partial charge on any atom is -0.465 e. The summed E-state index contributed by atoms with van der Waals surface area (Å²) in [6.45, 7) is 3.98. The summed E-state index contributed by atoms with van der Waals surface area (Å²) in [4.78, 5) is 28.6. The lowest BCUT2D eigenvalue weighted by Crippen LogP contribution is -2.06. The van der Waals surface area contributed by atoms with Gasteiger partial charge in [-0.3, -0.25) is 0 Å². The third-order valence-electron chi connectivity index (χ3n) is 3.21. The molecule has 5 nitrogen and oxygen atoms in total. The zero-order chi connectivity index (χ0) is 16.8. The molecule has 0 spiro atoms. The molecule has 1 aromatic heterocycles. The van der Waals surface area contributed by atoms with Crippen LogP contribution in [-0.2, 0) is 22.5 Å². The van der Waals surface area contributed by atoms with Crippen LogP contribution >= 0.6 is 11.3 Å². The standard InChI is InChI=1S/C17H19NO4S/c1-4-6-14-18-11(2)15(23-14)17(20)22-10-12-7-5-8-13(9-12)16(19)21-3/h5,7-9H,4,6,10H2,1-3H3. The quantitative estimate of drug-likeness (QED) is 0.756. The maximum absolute atomic E-state index is 12.2. The van der Waals surface area contributed by atoms with Gasteiger partial charge in [0.25, 0.3) is 0 Å². The zero-order valence-electron chi connectivity index (χ0n) is 13.4. The number of hydrogen-bond donors (Lipinski definition) is 0. The van der Waals surface area contributed by atoms with Gasteiger partial charge in [0.05, 0.1) is 23.4 Å². The number of hydrogen-bond acceptors (Lipinski definition) is 6. The first-order chi connectivity index (χ1) is 11.0. The maximum Gasteiger partial charge on any atom is 0.350 e. The van der Waals surface area contributed by atoms with Crippen LogP contribution < -0.4 is 0 Å². The molecule has 6 heteroatoms. The highest BCUT2D eigenvalue weighted by Gasteiger charge is 2.16. The topological polar surface area (TPSA) is 65.5 Å².